The molecule has 4 aromatic rings. The molecule has 0 unspecified atom stereocenters. The quantitative estimate of drug-likeness (QED) is 0.409. The Morgan fingerprint density at radius 2 is 2.04 bits per heavy atom. The Labute approximate surface area is 167 Å². The maximum Gasteiger partial charge on any atom is 0.269 e. The zero-order chi connectivity index (χ0) is 18.3. The van der Waals surface area contributed by atoms with E-state index in [2.05, 4.69) is 10.3 Å². The summed E-state index contributed by atoms with van der Waals surface area (Å²) in [6, 6.07) is 11.1. The van der Waals surface area contributed by atoms with E-state index < -0.39 is 0 Å². The highest BCUT2D eigenvalue weighted by atomic mass is 35.5. The maximum atomic E-state index is 12.7. The van der Waals surface area contributed by atoms with Gasteiger partial charge in [0.15, 0.2) is 5.13 Å². The molecule has 1 N–H and O–H groups in total. The number of carbonyl (C=O) groups is 1. The minimum Gasteiger partial charge on any atom is -0.494 e. The van der Waals surface area contributed by atoms with Crippen LogP contribution in [0.5, 0.6) is 5.75 Å². The average molecular weight is 423 g/mol. The lowest BCUT2D eigenvalue weighted by Crippen LogP contribution is -2.10. The number of aromatic nitrogens is 1. The number of nitrogens with zero attached hydrogens (tertiary/aromatic N) is 1. The Bertz CT molecular complexity index is 1140. The van der Waals surface area contributed by atoms with Gasteiger partial charge in [0.1, 0.15) is 10.6 Å². The lowest BCUT2D eigenvalue weighted by molar-refractivity contribution is 0.103. The molecule has 0 saturated carbocycles. The second-order valence-electron chi connectivity index (χ2n) is 5.39. The number of hydrogen-bond acceptors (Lipinski definition) is 5. The molecule has 0 aliphatic rings. The van der Waals surface area contributed by atoms with Crippen LogP contribution in [0.25, 0.3) is 20.3 Å². The molecular weight excluding hydrogens is 411 g/mol. The molecule has 2 aromatic heterocycles. The summed E-state index contributed by atoms with van der Waals surface area (Å²) in [6.07, 6.45) is 0. The molecule has 1 amide bonds. The highest BCUT2D eigenvalue weighted by Gasteiger charge is 2.20. The Morgan fingerprint density at radius 1 is 1.19 bits per heavy atom. The molecule has 0 spiro atoms. The lowest BCUT2D eigenvalue weighted by Gasteiger charge is -2.00. The van der Waals surface area contributed by atoms with Crippen LogP contribution in [0.15, 0.2) is 36.4 Å². The molecule has 4 rings (SSSR count). The summed E-state index contributed by atoms with van der Waals surface area (Å²) < 4.78 is 7.31. The first kappa shape index (κ1) is 17.5. The van der Waals surface area contributed by atoms with Crippen LogP contribution in [0.4, 0.5) is 5.13 Å². The van der Waals surface area contributed by atoms with Gasteiger partial charge < -0.3 is 4.74 Å². The van der Waals surface area contributed by atoms with E-state index >= 15 is 0 Å². The van der Waals surface area contributed by atoms with Gasteiger partial charge in [0, 0.05) is 10.1 Å². The van der Waals surface area contributed by atoms with E-state index in [0.717, 1.165) is 20.7 Å². The SMILES string of the molecule is CCOc1ccc2nc(NC(=O)c3sc4cccc(Cl)c4c3Cl)sc2c1. The van der Waals surface area contributed by atoms with Crippen molar-refractivity contribution < 1.29 is 9.53 Å². The van der Waals surface area contributed by atoms with Crippen molar-refractivity contribution in [3.05, 3.63) is 51.3 Å². The van der Waals surface area contributed by atoms with E-state index in [-0.39, 0.29) is 5.91 Å². The number of thiazole rings is 1. The number of nitrogens with one attached hydrogen (secondary N) is 1. The van der Waals surface area contributed by atoms with Crippen LogP contribution < -0.4 is 10.1 Å². The zero-order valence-electron chi connectivity index (χ0n) is 13.5. The number of fused-ring (bicyclic) bond motifs is 2. The number of carbonyl (C=O) groups excluding carboxylic acids is 1. The lowest BCUT2D eigenvalue weighted by atomic mass is 10.2. The van der Waals surface area contributed by atoms with E-state index in [9.17, 15) is 4.79 Å². The summed E-state index contributed by atoms with van der Waals surface area (Å²) in [5, 5.41) is 4.95. The fourth-order valence-electron chi connectivity index (χ4n) is 2.59. The fraction of sp³-hybridized carbons (Fsp3) is 0.111. The molecule has 0 aliphatic carbocycles. The van der Waals surface area contributed by atoms with Crippen molar-refractivity contribution in [2.24, 2.45) is 0 Å². The Balaban J connectivity index is 1.65. The molecule has 2 aromatic carbocycles. The second-order valence-corrected chi connectivity index (χ2v) is 8.26. The number of ether oxygens (including phenoxy) is 1. The number of rotatable bonds is 4. The van der Waals surface area contributed by atoms with Gasteiger partial charge in [-0.1, -0.05) is 40.6 Å². The van der Waals surface area contributed by atoms with Crippen molar-refractivity contribution in [1.29, 1.82) is 0 Å². The summed E-state index contributed by atoms with van der Waals surface area (Å²) in [5.74, 6) is 0.486. The monoisotopic (exact) mass is 422 g/mol. The summed E-state index contributed by atoms with van der Waals surface area (Å²) in [6.45, 7) is 2.53. The van der Waals surface area contributed by atoms with E-state index in [0.29, 0.717) is 32.0 Å². The van der Waals surface area contributed by atoms with Crippen LogP contribution in [-0.4, -0.2) is 17.5 Å². The van der Waals surface area contributed by atoms with Gasteiger partial charge in [-0.3, -0.25) is 10.1 Å². The van der Waals surface area contributed by atoms with Crippen LogP contribution in [0.1, 0.15) is 16.6 Å². The Morgan fingerprint density at radius 3 is 2.81 bits per heavy atom. The van der Waals surface area contributed by atoms with Gasteiger partial charge in [-0.25, -0.2) is 4.98 Å². The van der Waals surface area contributed by atoms with Crippen LogP contribution in [0.2, 0.25) is 10.0 Å². The first-order valence-electron chi connectivity index (χ1n) is 7.78. The fourth-order valence-corrected chi connectivity index (χ4v) is 5.33. The topological polar surface area (TPSA) is 51.2 Å². The molecule has 132 valence electrons. The van der Waals surface area contributed by atoms with Gasteiger partial charge in [0.25, 0.3) is 5.91 Å². The molecule has 4 nitrogen and oxygen atoms in total. The van der Waals surface area contributed by atoms with Crippen LogP contribution in [0.3, 0.4) is 0 Å². The van der Waals surface area contributed by atoms with Crippen molar-refractivity contribution >= 4 is 77.2 Å². The number of halogens is 2. The molecule has 0 fully saturated rings. The molecule has 26 heavy (non-hydrogen) atoms. The molecule has 0 aliphatic heterocycles. The second kappa shape index (κ2) is 7.04. The highest BCUT2D eigenvalue weighted by Crippen LogP contribution is 2.40. The third-order valence-electron chi connectivity index (χ3n) is 3.70. The smallest absolute Gasteiger partial charge is 0.269 e. The first-order valence-corrected chi connectivity index (χ1v) is 10.2. The first-order chi connectivity index (χ1) is 12.6. The molecule has 0 bridgehead atoms. The van der Waals surface area contributed by atoms with Gasteiger partial charge in [-0.2, -0.15) is 0 Å². The van der Waals surface area contributed by atoms with E-state index in [1.807, 2.05) is 37.3 Å². The molecule has 0 atom stereocenters. The van der Waals surface area contributed by atoms with Crippen LogP contribution in [-0.2, 0) is 0 Å². The Hall–Kier alpha value is -1.86. The van der Waals surface area contributed by atoms with Gasteiger partial charge in [0.2, 0.25) is 0 Å². The van der Waals surface area contributed by atoms with Gasteiger partial charge >= 0.3 is 0 Å². The normalized spacial score (nSPS) is 11.2. The van der Waals surface area contributed by atoms with Crippen molar-refractivity contribution in [3.8, 4) is 5.75 Å². The predicted octanol–water partition coefficient (Wildman–Crippen LogP) is 6.47. The summed E-state index contributed by atoms with van der Waals surface area (Å²) >= 11 is 15.3. The van der Waals surface area contributed by atoms with Crippen molar-refractivity contribution in [1.82, 2.24) is 4.98 Å². The minimum absolute atomic E-state index is 0.295. The highest BCUT2D eigenvalue weighted by molar-refractivity contribution is 7.23. The van der Waals surface area contributed by atoms with Crippen LogP contribution >= 0.6 is 45.9 Å². The largest absolute Gasteiger partial charge is 0.494 e. The van der Waals surface area contributed by atoms with E-state index in [4.69, 9.17) is 27.9 Å². The number of benzene rings is 2. The third kappa shape index (κ3) is 3.14. The zero-order valence-corrected chi connectivity index (χ0v) is 16.7. The summed E-state index contributed by atoms with van der Waals surface area (Å²) in [5.41, 5.74) is 0.805. The average Bonchev–Trinajstić information content (AvgIpc) is 3.16. The number of thiophene rings is 1. The van der Waals surface area contributed by atoms with Crippen molar-refractivity contribution in [2.45, 2.75) is 6.92 Å². The summed E-state index contributed by atoms with van der Waals surface area (Å²) in [7, 11) is 0. The Kier molecular flexibility index (Phi) is 4.75. The predicted molar refractivity (Wildman–Crippen MR) is 111 cm³/mol. The van der Waals surface area contributed by atoms with E-state index in [1.165, 1.54) is 22.7 Å². The minimum atomic E-state index is -0.295. The maximum absolute atomic E-state index is 12.7. The number of amides is 1. The molecular formula is C18H12Cl2N2O2S2. The number of hydrogen-bond donors (Lipinski definition) is 1. The number of anilines is 1. The van der Waals surface area contributed by atoms with Crippen LogP contribution in [0, 0.1) is 0 Å². The van der Waals surface area contributed by atoms with E-state index in [1.54, 1.807) is 6.07 Å². The third-order valence-corrected chi connectivity index (χ3v) is 6.60. The standard InChI is InChI=1S/C18H12Cl2N2O2S2/c1-2-24-9-6-7-11-13(8-9)26-18(21-11)22-17(23)16-15(20)14-10(19)4-3-5-12(14)25-16/h3-8H,2H2,1H3,(H,21,22,23). The molecule has 0 radical (unpaired) electrons. The van der Waals surface area contributed by atoms with Crippen molar-refractivity contribution in [2.75, 3.05) is 11.9 Å². The van der Waals surface area contributed by atoms with Gasteiger partial charge in [-0.15, -0.1) is 11.3 Å². The van der Waals surface area contributed by atoms with Gasteiger partial charge in [-0.05, 0) is 37.3 Å². The molecule has 8 heteroatoms. The molecule has 2 heterocycles. The molecule has 0 saturated heterocycles. The summed E-state index contributed by atoms with van der Waals surface area (Å²) in [4.78, 5) is 17.5. The van der Waals surface area contributed by atoms with Gasteiger partial charge in [0.05, 0.1) is 26.9 Å². The van der Waals surface area contributed by atoms with Crippen molar-refractivity contribution in [3.63, 3.8) is 0 Å².